The molecule has 0 aliphatic carbocycles. The number of aliphatic hydroxyl groups excluding tert-OH is 3. The third-order valence-electron chi connectivity index (χ3n) is 12.6. The normalized spacial score (nSPS) is 16.3. The van der Waals surface area contributed by atoms with Gasteiger partial charge in [0.25, 0.3) is 0 Å². The first-order chi connectivity index (χ1) is 37.9. The number of likely N-dealkylation sites (tertiary alicyclic amines) is 1. The molecule has 0 spiro atoms. The van der Waals surface area contributed by atoms with E-state index in [4.69, 9.17) is 16.6 Å². The average molecular weight is 1120 g/mol. The number of amides is 10. The molecule has 0 aromatic heterocycles. The second-order valence-electron chi connectivity index (χ2n) is 18.9. The number of carbonyl (C=O) groups is 11. The lowest BCUT2D eigenvalue weighted by atomic mass is 10.0. The minimum atomic E-state index is -1.92. The molecule has 10 amide bonds. The van der Waals surface area contributed by atoms with E-state index in [-0.39, 0.29) is 50.1 Å². The van der Waals surface area contributed by atoms with Crippen LogP contribution < -0.4 is 54.0 Å². The van der Waals surface area contributed by atoms with E-state index >= 15 is 0 Å². The Morgan fingerprint density at radius 1 is 0.588 bits per heavy atom. The Hall–Kier alpha value is -8.73. The molecule has 3 aromatic rings. The van der Waals surface area contributed by atoms with Crippen LogP contribution >= 0.6 is 0 Å². The molecule has 4 rings (SSSR count). The van der Waals surface area contributed by atoms with Crippen LogP contribution in [0.4, 0.5) is 0 Å². The van der Waals surface area contributed by atoms with Crippen molar-refractivity contribution in [3.63, 3.8) is 0 Å². The van der Waals surface area contributed by atoms with Gasteiger partial charge in [-0.25, -0.2) is 0 Å². The number of hydrogen-bond donors (Lipinski definition) is 16. The highest BCUT2D eigenvalue weighted by molar-refractivity contribution is 5.99. The van der Waals surface area contributed by atoms with E-state index in [2.05, 4.69) is 42.5 Å². The van der Waals surface area contributed by atoms with E-state index in [1.165, 1.54) is 55.5 Å². The van der Waals surface area contributed by atoms with Gasteiger partial charge in [-0.1, -0.05) is 54.6 Å². The third kappa shape index (κ3) is 19.9. The smallest absolute Gasteiger partial charge is 0.322 e. The highest BCUT2D eigenvalue weighted by Crippen LogP contribution is 2.21. The Kier molecular flexibility index (Phi) is 24.7. The van der Waals surface area contributed by atoms with Crippen LogP contribution in [0.1, 0.15) is 56.2 Å². The van der Waals surface area contributed by atoms with Gasteiger partial charge >= 0.3 is 5.97 Å². The summed E-state index contributed by atoms with van der Waals surface area (Å²) < 4.78 is 0. The average Bonchev–Trinajstić information content (AvgIpc) is 3.92. The summed E-state index contributed by atoms with van der Waals surface area (Å²) in [6.45, 7) is -0.102. The van der Waals surface area contributed by atoms with E-state index in [1.54, 1.807) is 30.3 Å². The van der Waals surface area contributed by atoms with E-state index < -0.39 is 152 Å². The number of nitrogens with two attached hydrogens (primary N) is 2. The van der Waals surface area contributed by atoms with Crippen molar-refractivity contribution in [3.05, 3.63) is 95.6 Å². The number of carbonyl (C=O) groups excluding carboxylic acids is 10. The highest BCUT2D eigenvalue weighted by atomic mass is 16.4. The van der Waals surface area contributed by atoms with Gasteiger partial charge < -0.3 is 89.5 Å². The molecule has 3 aromatic carbocycles. The maximum Gasteiger partial charge on any atom is 0.322 e. The molecule has 18 N–H and O–H groups in total. The summed E-state index contributed by atoms with van der Waals surface area (Å²) >= 11 is 0. The van der Waals surface area contributed by atoms with Crippen molar-refractivity contribution in [3.8, 4) is 11.5 Å². The number of nitrogens with zero attached hydrogens (tertiary/aromatic N) is 1. The van der Waals surface area contributed by atoms with E-state index in [1.807, 2.05) is 0 Å². The molecule has 1 fully saturated rings. The van der Waals surface area contributed by atoms with Crippen molar-refractivity contribution in [2.45, 2.75) is 119 Å². The zero-order valence-electron chi connectivity index (χ0n) is 43.8. The minimum Gasteiger partial charge on any atom is -0.508 e. The number of primary amides is 1. The summed E-state index contributed by atoms with van der Waals surface area (Å²) in [5.41, 5.74) is 12.1. The second kappa shape index (κ2) is 31.0. The topological polar surface area (TPSA) is 461 Å². The fourth-order valence-corrected chi connectivity index (χ4v) is 8.37. The number of hydrogen-bond acceptors (Lipinski definition) is 17. The molecule has 28 nitrogen and oxygen atoms in total. The zero-order chi connectivity index (χ0) is 59.2. The first-order valence-electron chi connectivity index (χ1n) is 25.4. The van der Waals surface area contributed by atoms with Crippen molar-refractivity contribution in [2.24, 2.45) is 11.5 Å². The molecule has 1 heterocycles. The third-order valence-corrected chi connectivity index (χ3v) is 12.6. The largest absolute Gasteiger partial charge is 0.508 e. The number of carboxylic acids is 1. The molecule has 1 aliphatic rings. The summed E-state index contributed by atoms with van der Waals surface area (Å²) in [7, 11) is 0. The lowest BCUT2D eigenvalue weighted by Gasteiger charge is -2.30. The molecule has 10 atom stereocenters. The van der Waals surface area contributed by atoms with Crippen molar-refractivity contribution in [1.82, 2.24) is 47.4 Å². The molecular weight excluding hydrogens is 1050 g/mol. The predicted molar refractivity (Wildman–Crippen MR) is 281 cm³/mol. The van der Waals surface area contributed by atoms with Crippen LogP contribution in [0.15, 0.2) is 78.9 Å². The van der Waals surface area contributed by atoms with Gasteiger partial charge in [-0.3, -0.25) is 52.7 Å². The number of aromatic hydroxyl groups is 2. The maximum atomic E-state index is 14.2. The Labute approximate surface area is 458 Å². The van der Waals surface area contributed by atoms with Crippen molar-refractivity contribution >= 4 is 65.0 Å². The van der Waals surface area contributed by atoms with E-state index in [9.17, 15) is 78.3 Å². The van der Waals surface area contributed by atoms with Crippen molar-refractivity contribution in [1.29, 1.82) is 0 Å². The summed E-state index contributed by atoms with van der Waals surface area (Å²) in [5, 5.41) is 79.7. The Morgan fingerprint density at radius 2 is 1.01 bits per heavy atom. The highest BCUT2D eigenvalue weighted by Gasteiger charge is 2.40. The SMILES string of the molecule is C[C@@H](O)[C@H](NC(=O)[C@H](Cc1ccccc1)NC(=O)[C@@H](NC(=O)[C@H](Cc1ccc(O)cc1)NC(=O)CN)[C@@H](C)O)C(=O)N[C@@H](CO)C(=O)N[C@@H](Cc1ccc(O)cc1)C(=O)N[C@@H](CCC(N)=O)C(=O)N1CCC[C@H]1C(=O)NCC(=O)O. The number of carboxylic acid groups (broad SMARTS) is 1. The number of benzene rings is 3. The van der Waals surface area contributed by atoms with E-state index in [0.717, 1.165) is 11.8 Å². The van der Waals surface area contributed by atoms with Gasteiger partial charge in [0.2, 0.25) is 59.1 Å². The zero-order valence-corrected chi connectivity index (χ0v) is 43.8. The number of aliphatic hydroxyl groups is 3. The van der Waals surface area contributed by atoms with Crippen LogP contribution in [0, 0.1) is 0 Å². The van der Waals surface area contributed by atoms with Crippen LogP contribution in [0.2, 0.25) is 0 Å². The van der Waals surface area contributed by atoms with Crippen molar-refractivity contribution < 1.29 is 83.4 Å². The molecule has 1 aliphatic heterocycles. The van der Waals surface area contributed by atoms with Crippen LogP contribution in [-0.4, -0.2) is 187 Å². The number of phenolic OH excluding ortho intramolecular Hbond substituents is 2. The number of aliphatic carboxylic acids is 1. The lowest BCUT2D eigenvalue weighted by Crippen LogP contribution is -2.63. The minimum absolute atomic E-state index is 0.0158. The summed E-state index contributed by atoms with van der Waals surface area (Å²) in [6.07, 6.45) is -4.48. The molecule has 0 unspecified atom stereocenters. The first-order valence-corrected chi connectivity index (χ1v) is 25.4. The van der Waals surface area contributed by atoms with Crippen LogP contribution in [0.5, 0.6) is 11.5 Å². The van der Waals surface area contributed by atoms with Crippen LogP contribution in [-0.2, 0) is 72.0 Å². The van der Waals surface area contributed by atoms with Gasteiger partial charge in [0.05, 0.1) is 25.4 Å². The van der Waals surface area contributed by atoms with Gasteiger partial charge in [-0.15, -0.1) is 0 Å². The lowest BCUT2D eigenvalue weighted by molar-refractivity contribution is -0.143. The Bertz CT molecular complexity index is 2660. The van der Waals surface area contributed by atoms with E-state index in [0.29, 0.717) is 23.1 Å². The molecule has 80 heavy (non-hydrogen) atoms. The fourth-order valence-electron chi connectivity index (χ4n) is 8.37. The monoisotopic (exact) mass is 1120 g/mol. The standard InChI is InChI=1S/C52H69N11O17/c1-27(65)43(61-46(74)35(56-41(70)24-53)22-30-10-14-32(67)15-11-30)50(78)59-37(21-29-7-4-3-5-8-29)47(75)62-44(28(2)66)51(79)60-38(26-64)48(76)58-36(23-31-12-16-33(68)17-13-31)45(73)57-34(18-19-40(54)69)52(80)63-20-6-9-39(63)49(77)55-25-42(71)72/h3-5,7-8,10-17,27-28,34-39,43-44,64-68H,6,9,18-26,53H2,1-2H3,(H2,54,69)(H,55,77)(H,56,70)(H,57,73)(H,58,76)(H,59,78)(H,60,79)(H,61,74)(H,62,75)(H,71,72)/t27-,28-,34+,35+,36+,37+,38+,39+,43+,44+/m1/s1. The summed E-state index contributed by atoms with van der Waals surface area (Å²) in [4.78, 5) is 147. The van der Waals surface area contributed by atoms with Crippen LogP contribution in [0.3, 0.4) is 0 Å². The van der Waals surface area contributed by atoms with Crippen LogP contribution in [0.25, 0.3) is 0 Å². The van der Waals surface area contributed by atoms with Crippen molar-refractivity contribution in [2.75, 3.05) is 26.2 Å². The van der Waals surface area contributed by atoms with Gasteiger partial charge in [0, 0.05) is 32.2 Å². The fraction of sp³-hybridized carbons (Fsp3) is 0.442. The quantitative estimate of drug-likeness (QED) is 0.0296. The Morgan fingerprint density at radius 3 is 1.46 bits per heavy atom. The summed E-state index contributed by atoms with van der Waals surface area (Å²) in [6, 6.07) is 6.27. The molecule has 1 saturated heterocycles. The predicted octanol–water partition coefficient (Wildman–Crippen LogP) is -5.31. The van der Waals surface area contributed by atoms with Gasteiger partial charge in [0.15, 0.2) is 0 Å². The molecule has 434 valence electrons. The Balaban J connectivity index is 1.56. The molecule has 0 radical (unpaired) electrons. The summed E-state index contributed by atoms with van der Waals surface area (Å²) in [5.74, 6) is -11.4. The first kappa shape index (κ1) is 63.8. The van der Waals surface area contributed by atoms with Gasteiger partial charge in [0.1, 0.15) is 66.4 Å². The molecule has 0 saturated carbocycles. The molecule has 0 bridgehead atoms. The maximum absolute atomic E-state index is 14.2. The molecular formula is C52H69N11O17. The van der Waals surface area contributed by atoms with Gasteiger partial charge in [-0.05, 0) is 74.1 Å². The van der Waals surface area contributed by atoms with Gasteiger partial charge in [-0.2, -0.15) is 0 Å². The number of rotatable bonds is 30. The second-order valence-corrected chi connectivity index (χ2v) is 18.9. The number of phenols is 2. The number of nitrogens with one attached hydrogen (secondary N) is 8. The molecule has 28 heteroatoms.